The fraction of sp³-hybridized carbons (Fsp3) is 0.462. The molecule has 23 heavy (non-hydrogen) atoms. The predicted molar refractivity (Wildman–Crippen MR) is 85.9 cm³/mol. The number of hydrogen-bond donors (Lipinski definition) is 2. The number of amides is 1. The summed E-state index contributed by atoms with van der Waals surface area (Å²) in [5, 5.41) is 3.32. The number of carbonyl (C=O) groups excluding carboxylic acids is 1. The summed E-state index contributed by atoms with van der Waals surface area (Å²) in [5.41, 5.74) is 0.495. The molecule has 0 aromatic heterocycles. The summed E-state index contributed by atoms with van der Waals surface area (Å²) >= 11 is 0. The van der Waals surface area contributed by atoms with E-state index in [1.54, 1.807) is 6.92 Å². The Balaban J connectivity index is 2.09. The maximum atomic E-state index is 12.3. The molecule has 2 N–H and O–H groups in total. The topological polar surface area (TPSA) is 113 Å². The van der Waals surface area contributed by atoms with Crippen molar-refractivity contribution in [3.8, 4) is 0 Å². The summed E-state index contributed by atoms with van der Waals surface area (Å²) in [5.74, 6) is -0.333. The summed E-state index contributed by atoms with van der Waals surface area (Å²) in [4.78, 5) is 13.4. The first kappa shape index (κ1) is 17.9. The molecule has 128 valence electrons. The molecule has 2 rings (SSSR count). The zero-order valence-corrected chi connectivity index (χ0v) is 14.4. The van der Waals surface area contributed by atoms with Crippen LogP contribution in [0.3, 0.4) is 0 Å². The number of carbonyl (C=O) groups is 1. The fourth-order valence-electron chi connectivity index (χ4n) is 2.18. The van der Waals surface area contributed by atoms with Gasteiger partial charge in [0.15, 0.2) is 9.84 Å². The summed E-state index contributed by atoms with van der Waals surface area (Å²) in [6.07, 6.45) is 0. The van der Waals surface area contributed by atoms with Gasteiger partial charge in [0.05, 0.1) is 15.9 Å². The number of benzene rings is 1. The van der Waals surface area contributed by atoms with E-state index in [1.165, 1.54) is 36.2 Å². The molecule has 0 saturated carbocycles. The minimum atomic E-state index is -3.80. The van der Waals surface area contributed by atoms with Crippen LogP contribution in [0.1, 0.15) is 13.8 Å². The van der Waals surface area contributed by atoms with E-state index in [0.717, 1.165) is 0 Å². The van der Waals surface area contributed by atoms with Crippen molar-refractivity contribution in [3.63, 3.8) is 0 Å². The molecule has 1 aliphatic heterocycles. The minimum Gasteiger partial charge on any atom is -0.326 e. The lowest BCUT2D eigenvalue weighted by Gasteiger charge is -2.30. The molecule has 1 fully saturated rings. The van der Waals surface area contributed by atoms with Crippen LogP contribution in [0.5, 0.6) is 0 Å². The first-order valence-corrected chi connectivity index (χ1v) is 10.2. The van der Waals surface area contributed by atoms with Crippen molar-refractivity contribution in [1.29, 1.82) is 0 Å². The smallest absolute Gasteiger partial charge is 0.253 e. The molecule has 8 nitrogen and oxygen atoms in total. The van der Waals surface area contributed by atoms with Crippen LogP contribution in [0.2, 0.25) is 0 Å². The van der Waals surface area contributed by atoms with Gasteiger partial charge in [0.1, 0.15) is 0 Å². The van der Waals surface area contributed by atoms with Crippen LogP contribution in [-0.4, -0.2) is 51.8 Å². The Kier molecular flexibility index (Phi) is 5.09. The molecular weight excluding hydrogens is 342 g/mol. The zero-order valence-electron chi connectivity index (χ0n) is 12.8. The van der Waals surface area contributed by atoms with E-state index in [2.05, 4.69) is 10.1 Å². The van der Waals surface area contributed by atoms with E-state index >= 15 is 0 Å². The fourth-order valence-corrected chi connectivity index (χ4v) is 4.57. The Labute approximate surface area is 135 Å². The van der Waals surface area contributed by atoms with Gasteiger partial charge in [0, 0.05) is 25.7 Å². The van der Waals surface area contributed by atoms with Gasteiger partial charge in [0.25, 0.3) is 10.0 Å². The van der Waals surface area contributed by atoms with Crippen molar-refractivity contribution in [2.45, 2.75) is 24.0 Å². The van der Waals surface area contributed by atoms with E-state index in [1.807, 2.05) is 0 Å². The highest BCUT2D eigenvalue weighted by molar-refractivity contribution is 7.92. The molecule has 1 amide bonds. The Morgan fingerprint density at radius 1 is 1.26 bits per heavy atom. The molecule has 0 bridgehead atoms. The first-order chi connectivity index (χ1) is 10.6. The molecule has 1 saturated heterocycles. The van der Waals surface area contributed by atoms with Crippen LogP contribution in [0.4, 0.5) is 5.69 Å². The highest BCUT2D eigenvalue weighted by atomic mass is 32.2. The lowest BCUT2D eigenvalue weighted by molar-refractivity contribution is -0.114. The number of hydrazine groups is 1. The highest BCUT2D eigenvalue weighted by Gasteiger charge is 2.31. The van der Waals surface area contributed by atoms with Gasteiger partial charge in [-0.05, 0) is 31.2 Å². The van der Waals surface area contributed by atoms with Crippen LogP contribution in [0, 0.1) is 0 Å². The predicted octanol–water partition coefficient (Wildman–Crippen LogP) is -0.0428. The summed E-state index contributed by atoms with van der Waals surface area (Å²) < 4.78 is 47.9. The number of anilines is 1. The monoisotopic (exact) mass is 361 g/mol. The van der Waals surface area contributed by atoms with E-state index in [9.17, 15) is 21.6 Å². The average Bonchev–Trinajstić information content (AvgIpc) is 2.43. The summed E-state index contributed by atoms with van der Waals surface area (Å²) in [6, 6.07) is 5.72. The summed E-state index contributed by atoms with van der Waals surface area (Å²) in [7, 11) is -6.95. The number of rotatable bonds is 4. The van der Waals surface area contributed by atoms with E-state index < -0.39 is 25.1 Å². The second-order valence-electron chi connectivity index (χ2n) is 5.42. The zero-order chi connectivity index (χ0) is 17.3. The molecule has 0 unspecified atom stereocenters. The van der Waals surface area contributed by atoms with Gasteiger partial charge in [-0.15, -0.1) is 4.83 Å². The van der Waals surface area contributed by atoms with Crippen LogP contribution in [-0.2, 0) is 24.7 Å². The largest absolute Gasteiger partial charge is 0.326 e. The highest BCUT2D eigenvalue weighted by Crippen LogP contribution is 2.16. The van der Waals surface area contributed by atoms with Gasteiger partial charge in [-0.3, -0.25) is 4.79 Å². The van der Waals surface area contributed by atoms with Gasteiger partial charge < -0.3 is 5.32 Å². The third-order valence-corrected chi connectivity index (χ3v) is 6.99. The van der Waals surface area contributed by atoms with Crippen molar-refractivity contribution < 1.29 is 21.6 Å². The number of nitrogens with one attached hydrogen (secondary N) is 2. The van der Waals surface area contributed by atoms with Crippen LogP contribution < -0.4 is 10.1 Å². The van der Waals surface area contributed by atoms with Gasteiger partial charge in [0.2, 0.25) is 5.91 Å². The molecule has 0 spiro atoms. The number of hydrogen-bond acceptors (Lipinski definition) is 6. The van der Waals surface area contributed by atoms with Gasteiger partial charge in [-0.25, -0.2) is 21.8 Å². The lowest BCUT2D eigenvalue weighted by Crippen LogP contribution is -2.53. The van der Waals surface area contributed by atoms with Crippen molar-refractivity contribution in [2.24, 2.45) is 0 Å². The van der Waals surface area contributed by atoms with E-state index in [0.29, 0.717) is 5.69 Å². The van der Waals surface area contributed by atoms with Gasteiger partial charge in [-0.2, -0.15) is 0 Å². The molecular formula is C13H19N3O5S2. The maximum Gasteiger partial charge on any atom is 0.253 e. The third-order valence-electron chi connectivity index (χ3n) is 3.47. The lowest BCUT2D eigenvalue weighted by atomic mass is 10.3. The second kappa shape index (κ2) is 6.56. The molecule has 0 aliphatic carbocycles. The second-order valence-corrected chi connectivity index (χ2v) is 9.62. The summed E-state index contributed by atoms with van der Waals surface area (Å²) in [6.45, 7) is 3.12. The molecule has 1 aromatic carbocycles. The average molecular weight is 361 g/mol. The molecule has 1 aromatic rings. The number of sulfonamides is 1. The molecule has 0 radical (unpaired) electrons. The van der Waals surface area contributed by atoms with E-state index in [-0.39, 0.29) is 29.6 Å². The Hall–Kier alpha value is -1.49. The van der Waals surface area contributed by atoms with Crippen molar-refractivity contribution in [3.05, 3.63) is 24.3 Å². The van der Waals surface area contributed by atoms with Crippen molar-refractivity contribution in [1.82, 2.24) is 9.84 Å². The quantitative estimate of drug-likeness (QED) is 0.778. The van der Waals surface area contributed by atoms with Crippen LogP contribution in [0.25, 0.3) is 0 Å². The third kappa shape index (κ3) is 4.50. The standard InChI is InChI=1S/C13H19N3O5S2/c1-10-9-16(7-8-22(10,18)19)15-23(20,21)13-5-3-12(4-6-13)14-11(2)17/h3-6,10,15H,7-9H2,1-2H3,(H,14,17)/t10-/m1/s1. The SMILES string of the molecule is CC(=O)Nc1ccc(S(=O)(=O)NN2CCS(=O)(=O)[C@H](C)C2)cc1. The molecule has 1 atom stereocenters. The van der Waals surface area contributed by atoms with Crippen molar-refractivity contribution >= 4 is 31.5 Å². The van der Waals surface area contributed by atoms with Gasteiger partial charge in [-0.1, -0.05) is 0 Å². The Morgan fingerprint density at radius 3 is 2.39 bits per heavy atom. The van der Waals surface area contributed by atoms with Crippen molar-refractivity contribution in [2.75, 3.05) is 24.2 Å². The van der Waals surface area contributed by atoms with Crippen LogP contribution in [0.15, 0.2) is 29.2 Å². The number of nitrogens with zero attached hydrogens (tertiary/aromatic N) is 1. The molecule has 1 heterocycles. The Morgan fingerprint density at radius 2 is 1.87 bits per heavy atom. The normalized spacial score (nSPS) is 21.7. The van der Waals surface area contributed by atoms with E-state index in [4.69, 9.17) is 0 Å². The Bertz CT molecular complexity index is 787. The minimum absolute atomic E-state index is 0.0349. The maximum absolute atomic E-state index is 12.3. The number of sulfone groups is 1. The molecule has 10 heteroatoms. The first-order valence-electron chi connectivity index (χ1n) is 6.97. The van der Waals surface area contributed by atoms with Crippen LogP contribution >= 0.6 is 0 Å². The molecule has 1 aliphatic rings. The van der Waals surface area contributed by atoms with Gasteiger partial charge >= 0.3 is 0 Å².